The van der Waals surface area contributed by atoms with Gasteiger partial charge in [-0.2, -0.15) is 0 Å². The molecular weight excluding hydrogens is 343 g/mol. The van der Waals surface area contributed by atoms with Crippen molar-refractivity contribution in [1.82, 2.24) is 14.9 Å². The lowest BCUT2D eigenvalue weighted by Gasteiger charge is -2.29. The molecule has 1 fully saturated rings. The number of nitrogens with zero attached hydrogens (tertiary/aromatic N) is 3. The summed E-state index contributed by atoms with van der Waals surface area (Å²) < 4.78 is 13.2. The highest BCUT2D eigenvalue weighted by Gasteiger charge is 2.17. The molecule has 0 bridgehead atoms. The van der Waals surface area contributed by atoms with Crippen LogP contribution in [0, 0.1) is 11.7 Å². The number of anilines is 1. The van der Waals surface area contributed by atoms with E-state index in [1.165, 1.54) is 31.3 Å². The number of phenols is 1. The number of halogens is 1. The van der Waals surface area contributed by atoms with Crippen molar-refractivity contribution in [2.75, 3.05) is 32.0 Å². The number of hydrogen-bond donors (Lipinski definition) is 2. The zero-order valence-corrected chi connectivity index (χ0v) is 15.3. The first-order chi connectivity index (χ1) is 13.1. The first-order valence-corrected chi connectivity index (χ1v) is 9.26. The van der Waals surface area contributed by atoms with Crippen LogP contribution in [0.15, 0.2) is 42.7 Å². The monoisotopic (exact) mass is 366 g/mol. The Morgan fingerprint density at radius 3 is 2.59 bits per heavy atom. The molecule has 0 atom stereocenters. The number of rotatable bonds is 4. The van der Waals surface area contributed by atoms with Gasteiger partial charge in [-0.15, -0.1) is 0 Å². The molecule has 5 nitrogen and oxygen atoms in total. The first kappa shape index (κ1) is 17.7. The number of aromatic hydroxyl groups is 1. The Bertz CT molecular complexity index is 937. The third kappa shape index (κ3) is 3.85. The van der Waals surface area contributed by atoms with Gasteiger partial charge >= 0.3 is 0 Å². The van der Waals surface area contributed by atoms with Crippen molar-refractivity contribution < 1.29 is 9.50 Å². The smallest absolute Gasteiger partial charge is 0.142 e. The van der Waals surface area contributed by atoms with E-state index in [2.05, 4.69) is 27.2 Å². The van der Waals surface area contributed by atoms with E-state index in [0.717, 1.165) is 42.0 Å². The van der Waals surface area contributed by atoms with Gasteiger partial charge in [-0.25, -0.2) is 14.4 Å². The third-order valence-corrected chi connectivity index (χ3v) is 5.29. The van der Waals surface area contributed by atoms with Crippen molar-refractivity contribution in [3.05, 3.63) is 48.5 Å². The van der Waals surface area contributed by atoms with Gasteiger partial charge in [0.2, 0.25) is 0 Å². The second kappa shape index (κ2) is 7.48. The Balaban J connectivity index is 1.63. The molecule has 1 aliphatic heterocycles. The van der Waals surface area contributed by atoms with E-state index in [1.807, 2.05) is 6.07 Å². The van der Waals surface area contributed by atoms with E-state index in [4.69, 9.17) is 0 Å². The Morgan fingerprint density at radius 1 is 1.11 bits per heavy atom. The van der Waals surface area contributed by atoms with Crippen LogP contribution in [0.25, 0.3) is 22.0 Å². The van der Waals surface area contributed by atoms with Gasteiger partial charge in [-0.1, -0.05) is 12.1 Å². The van der Waals surface area contributed by atoms with Crippen LogP contribution in [0.2, 0.25) is 0 Å². The molecule has 140 valence electrons. The minimum absolute atomic E-state index is 0.0940. The molecule has 0 spiro atoms. The van der Waals surface area contributed by atoms with Gasteiger partial charge in [-0.3, -0.25) is 0 Å². The second-order valence-electron chi connectivity index (χ2n) is 7.25. The summed E-state index contributed by atoms with van der Waals surface area (Å²) in [5, 5.41) is 14.7. The maximum atomic E-state index is 13.2. The highest BCUT2D eigenvalue weighted by molar-refractivity contribution is 5.96. The molecule has 1 saturated heterocycles. The summed E-state index contributed by atoms with van der Waals surface area (Å²) in [5.74, 6) is 1.14. The Labute approximate surface area is 157 Å². The maximum absolute atomic E-state index is 13.2. The minimum Gasteiger partial charge on any atom is -0.506 e. The van der Waals surface area contributed by atoms with Crippen LogP contribution in [0.4, 0.5) is 10.2 Å². The average molecular weight is 366 g/mol. The number of fused-ring (bicyclic) bond motifs is 1. The maximum Gasteiger partial charge on any atom is 0.142 e. The van der Waals surface area contributed by atoms with E-state index in [9.17, 15) is 9.50 Å². The summed E-state index contributed by atoms with van der Waals surface area (Å²) >= 11 is 0. The van der Waals surface area contributed by atoms with Crippen LogP contribution in [0.5, 0.6) is 5.75 Å². The predicted molar refractivity (Wildman–Crippen MR) is 105 cm³/mol. The molecule has 2 heterocycles. The van der Waals surface area contributed by atoms with Crippen molar-refractivity contribution in [1.29, 1.82) is 0 Å². The lowest BCUT2D eigenvalue weighted by molar-refractivity contribution is 0.226. The lowest BCUT2D eigenvalue weighted by atomic mass is 9.97. The van der Waals surface area contributed by atoms with E-state index < -0.39 is 0 Å². The van der Waals surface area contributed by atoms with Crippen molar-refractivity contribution >= 4 is 16.7 Å². The molecular formula is C21H23FN4O. The Morgan fingerprint density at radius 2 is 1.85 bits per heavy atom. The molecule has 0 unspecified atom stereocenters. The molecule has 0 amide bonds. The molecule has 4 rings (SSSR count). The van der Waals surface area contributed by atoms with Crippen molar-refractivity contribution in [2.45, 2.75) is 12.8 Å². The fourth-order valence-corrected chi connectivity index (χ4v) is 3.61. The van der Waals surface area contributed by atoms with Gasteiger partial charge in [-0.05, 0) is 74.3 Å². The topological polar surface area (TPSA) is 61.3 Å². The standard InChI is InChI=1S/C21H23FN4O/c1-26-8-6-14(7-9-26)12-23-21-18-10-16(15-2-4-17(22)5-3-15)11-19(27)20(18)24-13-25-21/h2-5,10-11,13-14,27H,6-9,12H2,1H3,(H,23,24,25). The van der Waals surface area contributed by atoms with Gasteiger partial charge in [0.05, 0.1) is 0 Å². The largest absolute Gasteiger partial charge is 0.506 e. The van der Waals surface area contributed by atoms with Crippen LogP contribution in [-0.4, -0.2) is 46.7 Å². The third-order valence-electron chi connectivity index (χ3n) is 5.29. The van der Waals surface area contributed by atoms with E-state index in [-0.39, 0.29) is 11.6 Å². The van der Waals surface area contributed by atoms with Crippen molar-refractivity contribution in [3.8, 4) is 16.9 Å². The number of benzene rings is 2. The normalized spacial score (nSPS) is 15.9. The highest BCUT2D eigenvalue weighted by atomic mass is 19.1. The number of piperidine rings is 1. The summed E-state index contributed by atoms with van der Waals surface area (Å²) in [4.78, 5) is 11.0. The van der Waals surface area contributed by atoms with Crippen LogP contribution in [0.3, 0.4) is 0 Å². The Hall–Kier alpha value is -2.73. The quantitative estimate of drug-likeness (QED) is 0.733. The highest BCUT2D eigenvalue weighted by Crippen LogP contribution is 2.33. The molecule has 0 aliphatic carbocycles. The van der Waals surface area contributed by atoms with E-state index in [1.54, 1.807) is 18.2 Å². The number of phenolic OH excluding ortho intramolecular Hbond substituents is 1. The predicted octanol–water partition coefficient (Wildman–Crippen LogP) is 3.90. The summed E-state index contributed by atoms with van der Waals surface area (Å²) in [6.07, 6.45) is 3.80. The van der Waals surface area contributed by atoms with Crippen LogP contribution < -0.4 is 5.32 Å². The molecule has 1 aliphatic rings. The molecule has 0 radical (unpaired) electrons. The minimum atomic E-state index is -0.285. The number of aromatic nitrogens is 2. The molecule has 27 heavy (non-hydrogen) atoms. The molecule has 0 saturated carbocycles. The fourth-order valence-electron chi connectivity index (χ4n) is 3.61. The van der Waals surface area contributed by atoms with E-state index >= 15 is 0 Å². The molecule has 2 aromatic carbocycles. The number of hydrogen-bond acceptors (Lipinski definition) is 5. The molecule has 2 N–H and O–H groups in total. The molecule has 3 aromatic rings. The van der Waals surface area contributed by atoms with Gasteiger partial charge < -0.3 is 15.3 Å². The summed E-state index contributed by atoms with van der Waals surface area (Å²) in [6.45, 7) is 3.08. The van der Waals surface area contributed by atoms with Crippen LogP contribution in [0.1, 0.15) is 12.8 Å². The fraction of sp³-hybridized carbons (Fsp3) is 0.333. The Kier molecular flexibility index (Phi) is 4.90. The number of nitrogens with one attached hydrogen (secondary N) is 1. The summed E-state index contributed by atoms with van der Waals surface area (Å²) in [6, 6.07) is 9.83. The second-order valence-corrected chi connectivity index (χ2v) is 7.25. The first-order valence-electron chi connectivity index (χ1n) is 9.26. The SMILES string of the molecule is CN1CCC(CNc2ncnc3c(O)cc(-c4ccc(F)cc4)cc23)CC1. The van der Waals surface area contributed by atoms with Crippen LogP contribution in [-0.2, 0) is 0 Å². The van der Waals surface area contributed by atoms with Crippen molar-refractivity contribution in [3.63, 3.8) is 0 Å². The summed E-state index contributed by atoms with van der Waals surface area (Å²) in [7, 11) is 2.15. The van der Waals surface area contributed by atoms with Gasteiger partial charge in [0.1, 0.15) is 29.2 Å². The van der Waals surface area contributed by atoms with Gasteiger partial charge in [0.25, 0.3) is 0 Å². The van der Waals surface area contributed by atoms with Gasteiger partial charge in [0.15, 0.2) is 0 Å². The summed E-state index contributed by atoms with van der Waals surface area (Å²) in [5.41, 5.74) is 2.15. The molecule has 1 aromatic heterocycles. The zero-order chi connectivity index (χ0) is 18.8. The van der Waals surface area contributed by atoms with E-state index in [0.29, 0.717) is 11.4 Å². The van der Waals surface area contributed by atoms with Crippen molar-refractivity contribution in [2.24, 2.45) is 5.92 Å². The van der Waals surface area contributed by atoms with Gasteiger partial charge in [0, 0.05) is 11.9 Å². The average Bonchev–Trinajstić information content (AvgIpc) is 2.68. The zero-order valence-electron chi connectivity index (χ0n) is 15.3. The van der Waals surface area contributed by atoms with Crippen LogP contribution >= 0.6 is 0 Å². The lowest BCUT2D eigenvalue weighted by Crippen LogP contribution is -2.33. The number of likely N-dealkylation sites (tertiary alicyclic amines) is 1. The molecule has 6 heteroatoms.